The average molecular weight is 1390 g/mol. The van der Waals surface area contributed by atoms with E-state index in [0.29, 0.717) is 12.8 Å². The maximum absolute atomic E-state index is 13.4. The smallest absolute Gasteiger partial charge is 0.220 e. The zero-order valence-electron chi connectivity index (χ0n) is 56.4. The quantitative estimate of drug-likeness (QED) is 0.0252. The SMILES string of the molecule is CCCCCCCCCCCCC/C=C/[C@@H](O)[C@H](CO[C@@H]1OC(CO)[C@@H](O[C@@H]2OC(CO)[C@H](O)[C@H](O[C@@H]3OC(CO)[C@@H](O)[C@H](O[C@@H]4OC(CO)[C@H](O)[C@H](O[C@@H]5OC(CO)[C@H](O)[C@H](O)C5O)C4O)C3NC(C)=O)C2O)[C@H](O)C1O)NC(=O)CCCCCCCCCCCCCCC. The Hall–Kier alpha value is -2.36. The zero-order chi connectivity index (χ0) is 70.3. The molecule has 0 aromatic rings. The number of unbranched alkanes of at least 4 members (excludes halogenated alkanes) is 23. The van der Waals surface area contributed by atoms with Gasteiger partial charge in [-0.25, -0.2) is 0 Å². The highest BCUT2D eigenvalue weighted by Crippen LogP contribution is 2.37. The average Bonchev–Trinajstić information content (AvgIpc) is 0.776. The number of hydrogen-bond donors (Lipinski definition) is 18. The number of ether oxygens (including phenoxy) is 10. The van der Waals surface area contributed by atoms with E-state index in [1.165, 1.54) is 96.3 Å². The number of hydrogen-bond acceptors (Lipinski definition) is 28. The molecule has 0 aromatic heterocycles. The molecule has 10 unspecified atom stereocenters. The fraction of sp³-hybridized carbons (Fsp3) is 0.939. The molecule has 5 aliphatic heterocycles. The van der Waals surface area contributed by atoms with Gasteiger partial charge in [-0.1, -0.05) is 167 Å². The third kappa shape index (κ3) is 25.9. The number of nitrogens with one attached hydrogen (secondary N) is 2. The molecule has 0 aliphatic carbocycles. The molecule has 5 rings (SSSR count). The van der Waals surface area contributed by atoms with Crippen LogP contribution in [0.1, 0.15) is 188 Å². The van der Waals surface area contributed by atoms with Crippen molar-refractivity contribution in [1.82, 2.24) is 10.6 Å². The molecule has 18 N–H and O–H groups in total. The van der Waals surface area contributed by atoms with E-state index < -0.39 is 211 Å². The van der Waals surface area contributed by atoms with E-state index in [1.807, 2.05) is 6.08 Å². The van der Waals surface area contributed by atoms with Crippen molar-refractivity contribution in [3.63, 3.8) is 0 Å². The molecule has 30 nitrogen and oxygen atoms in total. The van der Waals surface area contributed by atoms with Gasteiger partial charge in [0, 0.05) is 13.3 Å². The summed E-state index contributed by atoms with van der Waals surface area (Å²) < 4.78 is 58.5. The van der Waals surface area contributed by atoms with Gasteiger partial charge in [-0.05, 0) is 19.3 Å². The Morgan fingerprint density at radius 3 is 1.23 bits per heavy atom. The number of aliphatic hydroxyl groups is 16. The van der Waals surface area contributed by atoms with Crippen LogP contribution in [0.25, 0.3) is 0 Å². The van der Waals surface area contributed by atoms with Gasteiger partial charge in [0.25, 0.3) is 0 Å². The summed E-state index contributed by atoms with van der Waals surface area (Å²) in [6.45, 7) is 0.263. The van der Waals surface area contributed by atoms with Gasteiger partial charge < -0.3 is 140 Å². The Labute approximate surface area is 564 Å². The monoisotopic (exact) mass is 1390 g/mol. The minimum absolute atomic E-state index is 0.189. The Morgan fingerprint density at radius 2 is 0.771 bits per heavy atom. The summed E-state index contributed by atoms with van der Waals surface area (Å²) in [5.74, 6) is -1.18. The first-order chi connectivity index (χ1) is 46.2. The van der Waals surface area contributed by atoms with E-state index in [2.05, 4.69) is 24.5 Å². The van der Waals surface area contributed by atoms with Gasteiger partial charge in [0.2, 0.25) is 11.8 Å². The lowest BCUT2D eigenvalue weighted by Gasteiger charge is -2.50. The van der Waals surface area contributed by atoms with Crippen molar-refractivity contribution in [2.24, 2.45) is 0 Å². The van der Waals surface area contributed by atoms with Gasteiger partial charge in [0.05, 0.1) is 51.8 Å². The minimum Gasteiger partial charge on any atom is -0.394 e. The van der Waals surface area contributed by atoms with Crippen LogP contribution < -0.4 is 10.6 Å². The fourth-order valence-electron chi connectivity index (χ4n) is 12.8. The van der Waals surface area contributed by atoms with Gasteiger partial charge in [-0.15, -0.1) is 0 Å². The summed E-state index contributed by atoms with van der Waals surface area (Å²) in [5.41, 5.74) is 0. The molecule has 5 heterocycles. The second kappa shape index (κ2) is 45.6. The molecule has 27 atom stereocenters. The van der Waals surface area contributed by atoms with E-state index >= 15 is 0 Å². The molecule has 5 saturated heterocycles. The highest BCUT2D eigenvalue weighted by molar-refractivity contribution is 5.76. The van der Waals surface area contributed by atoms with E-state index in [9.17, 15) is 91.3 Å². The topological polar surface area (TPSA) is 474 Å². The van der Waals surface area contributed by atoms with Gasteiger partial charge in [0.15, 0.2) is 31.5 Å². The number of allylic oxidation sites excluding steroid dienone is 1. The fourth-order valence-corrected chi connectivity index (χ4v) is 12.8. The van der Waals surface area contributed by atoms with Crippen molar-refractivity contribution in [2.75, 3.05) is 39.6 Å². The molecule has 0 spiro atoms. The third-order valence-corrected chi connectivity index (χ3v) is 18.7. The van der Waals surface area contributed by atoms with Crippen LogP contribution in [0.5, 0.6) is 0 Å². The van der Waals surface area contributed by atoms with E-state index in [0.717, 1.165) is 58.3 Å². The van der Waals surface area contributed by atoms with Crippen LogP contribution in [0, 0.1) is 0 Å². The summed E-state index contributed by atoms with van der Waals surface area (Å²) >= 11 is 0. The Bertz CT molecular complexity index is 2110. The van der Waals surface area contributed by atoms with Crippen LogP contribution >= 0.6 is 0 Å². The summed E-state index contributed by atoms with van der Waals surface area (Å²) in [4.78, 5) is 26.4. The molecule has 562 valence electrons. The summed E-state index contributed by atoms with van der Waals surface area (Å²) in [6.07, 6.45) is -14.7. The largest absolute Gasteiger partial charge is 0.394 e. The van der Waals surface area contributed by atoms with Crippen LogP contribution in [0.4, 0.5) is 0 Å². The van der Waals surface area contributed by atoms with E-state index in [1.54, 1.807) is 6.08 Å². The molecule has 0 radical (unpaired) electrons. The Kier molecular flexibility index (Phi) is 40.0. The highest BCUT2D eigenvalue weighted by atomic mass is 16.8. The standard InChI is InChI=1S/C66H120N2O28/c1-4-6-8-10-12-14-16-18-20-22-24-26-28-30-40(75)39(68-46(76)31-29-27-25-23-21-19-17-15-13-11-9-7-5-2)37-87-63-55(84)53(82)58(45(36-73)92-63)93-65-56(85)60(50(79)43(34-71)90-65)95-62-47(67-38(3)74)59(49(78)42(33-70)88-62)94-66-57(86)61(51(80)44(35-72)91-66)96-64-54(83)52(81)48(77)41(32-69)89-64/h28,30,39-45,47-66,69-73,75,77-86H,4-27,29,31-37H2,1-3H3,(H,67,74)(H,68,76)/b30-28+/t39-,40+,41?,42?,43?,44?,45?,47?,48-,49+,50-,51-,52-,53+,54?,55?,56?,57?,58+,59+,60-,61-,62-,63+,64-,65-,66-/m0/s1. The number of carbonyl (C=O) groups is 2. The Morgan fingerprint density at radius 1 is 0.406 bits per heavy atom. The van der Waals surface area contributed by atoms with Gasteiger partial charge >= 0.3 is 0 Å². The first kappa shape index (κ1) is 84.3. The molecular weight excluding hydrogens is 1270 g/mol. The predicted octanol–water partition coefficient (Wildman–Crippen LogP) is -1.17. The van der Waals surface area contributed by atoms with Crippen LogP contribution in [-0.2, 0) is 57.0 Å². The minimum atomic E-state index is -2.18. The lowest BCUT2D eigenvalue weighted by atomic mass is 9.94. The third-order valence-electron chi connectivity index (χ3n) is 18.7. The van der Waals surface area contributed by atoms with Crippen LogP contribution in [0.2, 0.25) is 0 Å². The Balaban J connectivity index is 1.24. The molecule has 5 fully saturated rings. The van der Waals surface area contributed by atoms with E-state index in [-0.39, 0.29) is 12.3 Å². The van der Waals surface area contributed by atoms with Crippen molar-refractivity contribution >= 4 is 11.8 Å². The first-order valence-electron chi connectivity index (χ1n) is 35.5. The number of rotatable bonds is 46. The van der Waals surface area contributed by atoms with Crippen molar-refractivity contribution in [3.8, 4) is 0 Å². The summed E-state index contributed by atoms with van der Waals surface area (Å²) in [6, 6.07) is -2.83. The molecular formula is C66H120N2O28. The molecule has 5 aliphatic rings. The highest BCUT2D eigenvalue weighted by Gasteiger charge is 2.57. The van der Waals surface area contributed by atoms with Crippen molar-refractivity contribution in [1.29, 1.82) is 0 Å². The summed E-state index contributed by atoms with van der Waals surface area (Å²) in [5, 5.41) is 181. The van der Waals surface area contributed by atoms with Gasteiger partial charge in [0.1, 0.15) is 122 Å². The van der Waals surface area contributed by atoms with Crippen LogP contribution in [0.15, 0.2) is 12.2 Å². The second-order valence-electron chi connectivity index (χ2n) is 26.4. The maximum atomic E-state index is 13.4. The number of carbonyl (C=O) groups excluding carboxylic acids is 2. The normalized spacial score (nSPS) is 36.6. The molecule has 2 amide bonds. The maximum Gasteiger partial charge on any atom is 0.220 e. The van der Waals surface area contributed by atoms with Crippen molar-refractivity contribution < 1.29 is 139 Å². The van der Waals surface area contributed by atoms with Crippen LogP contribution in [0.3, 0.4) is 0 Å². The lowest BCUT2D eigenvalue weighted by Crippen LogP contribution is -2.70. The summed E-state index contributed by atoms with van der Waals surface area (Å²) in [7, 11) is 0. The number of aliphatic hydroxyl groups excluding tert-OH is 16. The van der Waals surface area contributed by atoms with Crippen molar-refractivity contribution in [3.05, 3.63) is 12.2 Å². The van der Waals surface area contributed by atoms with Gasteiger partial charge in [-0.2, -0.15) is 0 Å². The molecule has 0 bridgehead atoms. The first-order valence-corrected chi connectivity index (χ1v) is 35.5. The zero-order valence-corrected chi connectivity index (χ0v) is 56.4. The molecule has 96 heavy (non-hydrogen) atoms. The number of amides is 2. The molecule has 0 aromatic carbocycles. The lowest BCUT2D eigenvalue weighted by molar-refractivity contribution is -0.386. The van der Waals surface area contributed by atoms with Crippen molar-refractivity contribution in [2.45, 2.75) is 353 Å². The second-order valence-corrected chi connectivity index (χ2v) is 26.4. The molecule has 0 saturated carbocycles. The molecule has 30 heteroatoms. The van der Waals surface area contributed by atoms with E-state index in [4.69, 9.17) is 47.4 Å². The predicted molar refractivity (Wildman–Crippen MR) is 340 cm³/mol. The van der Waals surface area contributed by atoms with Gasteiger partial charge in [-0.3, -0.25) is 9.59 Å². The van der Waals surface area contributed by atoms with Crippen LogP contribution in [-0.4, -0.2) is 299 Å².